The Labute approximate surface area is 97.0 Å². The van der Waals surface area contributed by atoms with Gasteiger partial charge in [-0.1, -0.05) is 11.6 Å². The van der Waals surface area contributed by atoms with E-state index in [4.69, 9.17) is 16.3 Å². The van der Waals surface area contributed by atoms with E-state index in [-0.39, 0.29) is 0 Å². The zero-order valence-corrected chi connectivity index (χ0v) is 10.4. The average Bonchev–Trinajstić information content (AvgIpc) is 2.01. The molecule has 0 spiro atoms. The van der Waals surface area contributed by atoms with Crippen LogP contribution in [-0.2, 0) is 6.42 Å². The summed E-state index contributed by atoms with van der Waals surface area (Å²) >= 11 is 9.25. The van der Waals surface area contributed by atoms with Crippen molar-refractivity contribution in [2.45, 2.75) is 19.4 Å². The molecule has 0 amide bonds. The number of hydrogen-bond acceptors (Lipinski definition) is 2. The Balaban J connectivity index is 3.11. The molecule has 78 valence electrons. The van der Waals surface area contributed by atoms with Crippen molar-refractivity contribution in [1.82, 2.24) is 0 Å². The summed E-state index contributed by atoms with van der Waals surface area (Å²) in [6.45, 7) is 1.73. The van der Waals surface area contributed by atoms with E-state index in [1.807, 2.05) is 0 Å². The van der Waals surface area contributed by atoms with Gasteiger partial charge in [0.25, 0.3) is 0 Å². The first-order valence-electron chi connectivity index (χ1n) is 4.24. The molecule has 1 aromatic carbocycles. The highest BCUT2D eigenvalue weighted by Crippen LogP contribution is 2.33. The van der Waals surface area contributed by atoms with Crippen molar-refractivity contribution >= 4 is 27.5 Å². The second-order valence-corrected chi connectivity index (χ2v) is 4.42. The van der Waals surface area contributed by atoms with Gasteiger partial charge >= 0.3 is 0 Å². The number of ether oxygens (including phenoxy) is 1. The fourth-order valence-electron chi connectivity index (χ4n) is 1.31. The third-order valence-corrected chi connectivity index (χ3v) is 2.61. The fraction of sp³-hybridized carbons (Fsp3) is 0.400. The van der Waals surface area contributed by atoms with Crippen LogP contribution in [0.2, 0.25) is 5.02 Å². The molecule has 1 rings (SSSR count). The molecule has 0 saturated heterocycles. The predicted octanol–water partition coefficient (Wildman–Crippen LogP) is 3.03. The second kappa shape index (κ2) is 5.01. The average molecular weight is 280 g/mol. The minimum Gasteiger partial charge on any atom is -0.495 e. The molecule has 14 heavy (non-hydrogen) atoms. The normalized spacial score (nSPS) is 12.6. The molecule has 1 N–H and O–H groups in total. The number of halogens is 2. The predicted molar refractivity (Wildman–Crippen MR) is 61.1 cm³/mol. The maximum absolute atomic E-state index is 9.29. The van der Waals surface area contributed by atoms with Crippen molar-refractivity contribution in [3.8, 4) is 5.75 Å². The summed E-state index contributed by atoms with van der Waals surface area (Å²) in [5.74, 6) is 0.732. The van der Waals surface area contributed by atoms with Gasteiger partial charge in [0.2, 0.25) is 0 Å². The van der Waals surface area contributed by atoms with Crippen molar-refractivity contribution in [2.24, 2.45) is 0 Å². The minimum atomic E-state index is -0.408. The van der Waals surface area contributed by atoms with Gasteiger partial charge in [-0.25, -0.2) is 0 Å². The number of aliphatic hydroxyl groups is 1. The van der Waals surface area contributed by atoms with Crippen molar-refractivity contribution in [3.63, 3.8) is 0 Å². The Morgan fingerprint density at radius 3 is 2.71 bits per heavy atom. The summed E-state index contributed by atoms with van der Waals surface area (Å²) in [7, 11) is 1.60. The zero-order chi connectivity index (χ0) is 10.7. The summed E-state index contributed by atoms with van der Waals surface area (Å²) < 4.78 is 6.02. The summed E-state index contributed by atoms with van der Waals surface area (Å²) in [6, 6.07) is 3.57. The molecular formula is C10H12BrClO2. The Morgan fingerprint density at radius 2 is 2.21 bits per heavy atom. The van der Waals surface area contributed by atoms with Gasteiger partial charge in [0.15, 0.2) is 0 Å². The van der Waals surface area contributed by atoms with Gasteiger partial charge in [0.1, 0.15) is 5.75 Å². The molecule has 0 aliphatic rings. The summed E-state index contributed by atoms with van der Waals surface area (Å²) in [4.78, 5) is 0. The van der Waals surface area contributed by atoms with E-state index in [0.29, 0.717) is 11.4 Å². The van der Waals surface area contributed by atoms with Gasteiger partial charge in [-0.15, -0.1) is 0 Å². The third-order valence-electron chi connectivity index (χ3n) is 1.80. The van der Waals surface area contributed by atoms with Crippen LogP contribution in [-0.4, -0.2) is 18.3 Å². The van der Waals surface area contributed by atoms with Gasteiger partial charge < -0.3 is 9.84 Å². The van der Waals surface area contributed by atoms with Crippen LogP contribution in [0, 0.1) is 0 Å². The van der Waals surface area contributed by atoms with Crippen LogP contribution in [0.3, 0.4) is 0 Å². The maximum Gasteiger partial charge on any atom is 0.136 e. The molecule has 0 aliphatic carbocycles. The molecule has 0 radical (unpaired) electrons. The Morgan fingerprint density at radius 1 is 1.57 bits per heavy atom. The van der Waals surface area contributed by atoms with Crippen molar-refractivity contribution in [3.05, 3.63) is 27.2 Å². The quantitative estimate of drug-likeness (QED) is 0.921. The lowest BCUT2D eigenvalue weighted by Crippen LogP contribution is -2.06. The van der Waals surface area contributed by atoms with Gasteiger partial charge in [-0.05, 0) is 40.5 Å². The number of benzene rings is 1. The van der Waals surface area contributed by atoms with E-state index in [2.05, 4.69) is 15.9 Å². The lowest BCUT2D eigenvalue weighted by Gasteiger charge is -2.12. The van der Waals surface area contributed by atoms with E-state index in [0.717, 1.165) is 15.8 Å². The lowest BCUT2D eigenvalue weighted by atomic mass is 10.1. The van der Waals surface area contributed by atoms with Crippen molar-refractivity contribution in [1.29, 1.82) is 0 Å². The first-order valence-corrected chi connectivity index (χ1v) is 5.41. The second-order valence-electron chi connectivity index (χ2n) is 3.13. The van der Waals surface area contributed by atoms with Gasteiger partial charge in [0.05, 0.1) is 17.7 Å². The van der Waals surface area contributed by atoms with Crippen molar-refractivity contribution < 1.29 is 9.84 Å². The van der Waals surface area contributed by atoms with Crippen LogP contribution in [0.25, 0.3) is 0 Å². The van der Waals surface area contributed by atoms with E-state index >= 15 is 0 Å². The fourth-order valence-corrected chi connectivity index (χ4v) is 2.35. The number of aliphatic hydroxyl groups excluding tert-OH is 1. The van der Waals surface area contributed by atoms with Crippen LogP contribution in [0.15, 0.2) is 16.6 Å². The first kappa shape index (κ1) is 11.8. The highest BCUT2D eigenvalue weighted by atomic mass is 79.9. The van der Waals surface area contributed by atoms with Crippen LogP contribution >= 0.6 is 27.5 Å². The van der Waals surface area contributed by atoms with Gasteiger partial charge in [-0.3, -0.25) is 0 Å². The Bertz CT molecular complexity index is 326. The van der Waals surface area contributed by atoms with Crippen LogP contribution in [0.4, 0.5) is 0 Å². The van der Waals surface area contributed by atoms with Crippen LogP contribution in [0.1, 0.15) is 12.5 Å². The van der Waals surface area contributed by atoms with Gasteiger partial charge in [-0.2, -0.15) is 0 Å². The summed E-state index contributed by atoms with van der Waals surface area (Å²) in [6.07, 6.45) is 0.122. The van der Waals surface area contributed by atoms with Crippen LogP contribution < -0.4 is 4.74 Å². The molecule has 2 nitrogen and oxygen atoms in total. The third kappa shape index (κ3) is 2.87. The number of hydrogen-bond donors (Lipinski definition) is 1. The maximum atomic E-state index is 9.29. The highest BCUT2D eigenvalue weighted by Gasteiger charge is 2.11. The number of methoxy groups -OCH3 is 1. The first-order chi connectivity index (χ1) is 6.54. The van der Waals surface area contributed by atoms with E-state index in [9.17, 15) is 5.11 Å². The molecule has 0 aliphatic heterocycles. The summed E-state index contributed by atoms with van der Waals surface area (Å²) in [5, 5.41) is 9.93. The molecule has 0 fully saturated rings. The molecule has 1 aromatic rings. The Hall–Kier alpha value is -0.250. The van der Waals surface area contributed by atoms with E-state index in [1.54, 1.807) is 26.2 Å². The van der Waals surface area contributed by atoms with Gasteiger partial charge in [0, 0.05) is 11.4 Å². The standard InChI is InChI=1S/C10H12BrClO2/c1-6(13)3-7-4-8(12)5-9(11)10(7)14-2/h4-6,13H,3H2,1-2H3/t6-/m0/s1. The molecule has 0 saturated carbocycles. The zero-order valence-electron chi connectivity index (χ0n) is 8.05. The van der Waals surface area contributed by atoms with Crippen molar-refractivity contribution in [2.75, 3.05) is 7.11 Å². The SMILES string of the molecule is COc1c(Br)cc(Cl)cc1C[C@H](C)O. The summed E-state index contributed by atoms with van der Waals surface area (Å²) in [5.41, 5.74) is 0.905. The van der Waals surface area contributed by atoms with Crippen LogP contribution in [0.5, 0.6) is 5.75 Å². The molecule has 0 unspecified atom stereocenters. The molecular weight excluding hydrogens is 267 g/mol. The smallest absolute Gasteiger partial charge is 0.136 e. The Kier molecular flexibility index (Phi) is 4.23. The van der Waals surface area contributed by atoms with E-state index in [1.165, 1.54) is 0 Å². The largest absolute Gasteiger partial charge is 0.495 e. The number of rotatable bonds is 3. The highest BCUT2D eigenvalue weighted by molar-refractivity contribution is 9.10. The topological polar surface area (TPSA) is 29.5 Å². The minimum absolute atomic E-state index is 0.408. The lowest BCUT2D eigenvalue weighted by molar-refractivity contribution is 0.194. The molecule has 4 heteroatoms. The van der Waals surface area contributed by atoms with E-state index < -0.39 is 6.10 Å². The molecule has 0 heterocycles. The monoisotopic (exact) mass is 278 g/mol. The molecule has 0 bridgehead atoms. The molecule has 1 atom stereocenters. The molecule has 0 aromatic heterocycles.